The van der Waals surface area contributed by atoms with Crippen LogP contribution in [-0.2, 0) is 9.84 Å². The van der Waals surface area contributed by atoms with Crippen LogP contribution in [0.4, 0.5) is 5.82 Å². The largest absolute Gasteiger partial charge is 0.306 e. The maximum atomic E-state index is 12.0. The van der Waals surface area contributed by atoms with Crippen molar-refractivity contribution < 1.29 is 13.2 Å². The fraction of sp³-hybridized carbons (Fsp3) is 0.0769. The van der Waals surface area contributed by atoms with Crippen molar-refractivity contribution in [2.75, 3.05) is 11.6 Å². The number of carbonyl (C=O) groups is 1. The Kier molecular flexibility index (Phi) is 4.20. The molecule has 7 heteroatoms. The molecule has 0 aliphatic rings. The van der Waals surface area contributed by atoms with Crippen LogP contribution < -0.4 is 5.32 Å². The van der Waals surface area contributed by atoms with Crippen molar-refractivity contribution in [2.45, 2.75) is 4.90 Å². The molecule has 1 amide bonds. The van der Waals surface area contributed by atoms with Crippen molar-refractivity contribution in [3.05, 3.63) is 52.6 Å². The molecule has 0 fully saturated rings. The van der Waals surface area contributed by atoms with Crippen molar-refractivity contribution in [1.29, 1.82) is 0 Å². The molecular weight excluding hydrogens is 344 g/mol. The number of pyridine rings is 1. The highest BCUT2D eigenvalue weighted by molar-refractivity contribution is 9.10. The third-order valence-corrected chi connectivity index (χ3v) is 4.30. The molecule has 0 aliphatic carbocycles. The lowest BCUT2D eigenvalue weighted by Crippen LogP contribution is -2.13. The van der Waals surface area contributed by atoms with E-state index in [1.54, 1.807) is 18.3 Å². The fourth-order valence-electron chi connectivity index (χ4n) is 1.51. The van der Waals surface area contributed by atoms with Crippen LogP contribution in [0.15, 0.2) is 52.0 Å². The first-order valence-corrected chi connectivity index (χ1v) is 8.28. The van der Waals surface area contributed by atoms with E-state index in [4.69, 9.17) is 0 Å². The average molecular weight is 355 g/mol. The molecule has 1 aromatic carbocycles. The number of nitrogens with zero attached hydrogens (tertiary/aromatic N) is 1. The zero-order chi connectivity index (χ0) is 14.8. The number of halogens is 1. The molecule has 2 rings (SSSR count). The lowest BCUT2D eigenvalue weighted by molar-refractivity contribution is 0.102. The number of hydrogen-bond donors (Lipinski definition) is 1. The summed E-state index contributed by atoms with van der Waals surface area (Å²) in [6.07, 6.45) is 2.68. The summed E-state index contributed by atoms with van der Waals surface area (Å²) in [5.74, 6) is 0.0501. The summed E-state index contributed by atoms with van der Waals surface area (Å²) in [4.78, 5) is 16.2. The zero-order valence-electron chi connectivity index (χ0n) is 10.5. The monoisotopic (exact) mass is 354 g/mol. The number of nitrogens with one attached hydrogen (secondary N) is 1. The van der Waals surface area contributed by atoms with Crippen LogP contribution >= 0.6 is 15.9 Å². The van der Waals surface area contributed by atoms with Gasteiger partial charge in [0, 0.05) is 18.0 Å². The molecule has 0 radical (unpaired) electrons. The Morgan fingerprint density at radius 2 is 1.85 bits per heavy atom. The van der Waals surface area contributed by atoms with Gasteiger partial charge >= 0.3 is 0 Å². The normalized spacial score (nSPS) is 11.1. The predicted molar refractivity (Wildman–Crippen MR) is 79.4 cm³/mol. The molecule has 0 spiro atoms. The number of aromatic nitrogens is 1. The first kappa shape index (κ1) is 14.7. The second-order valence-electron chi connectivity index (χ2n) is 4.08. The summed E-state index contributed by atoms with van der Waals surface area (Å²) in [7, 11) is -3.26. The van der Waals surface area contributed by atoms with Gasteiger partial charge in [0.05, 0.1) is 9.37 Å². The number of rotatable bonds is 3. The molecule has 1 aromatic heterocycles. The van der Waals surface area contributed by atoms with Crippen molar-refractivity contribution in [3.8, 4) is 0 Å². The SMILES string of the molecule is CS(=O)(=O)c1ccc(C(=O)Nc2ncccc2Br)cc1. The number of carbonyl (C=O) groups excluding carboxylic acids is 1. The van der Waals surface area contributed by atoms with Crippen LogP contribution in [0.3, 0.4) is 0 Å². The molecule has 0 bridgehead atoms. The predicted octanol–water partition coefficient (Wildman–Crippen LogP) is 2.50. The Balaban J connectivity index is 2.20. The van der Waals surface area contributed by atoms with Gasteiger partial charge in [-0.05, 0) is 52.3 Å². The van der Waals surface area contributed by atoms with Gasteiger partial charge in [0.15, 0.2) is 9.84 Å². The molecule has 1 heterocycles. The Morgan fingerprint density at radius 3 is 2.40 bits per heavy atom. The highest BCUT2D eigenvalue weighted by atomic mass is 79.9. The summed E-state index contributed by atoms with van der Waals surface area (Å²) in [6.45, 7) is 0. The number of anilines is 1. The molecular formula is C13H11BrN2O3S. The molecule has 0 unspecified atom stereocenters. The second kappa shape index (κ2) is 5.72. The van der Waals surface area contributed by atoms with Crippen molar-refractivity contribution in [2.24, 2.45) is 0 Å². The Bertz CT molecular complexity index is 742. The Labute approximate surface area is 125 Å². The molecule has 104 valence electrons. The average Bonchev–Trinajstić information content (AvgIpc) is 2.40. The van der Waals surface area contributed by atoms with Gasteiger partial charge in [-0.2, -0.15) is 0 Å². The van der Waals surface area contributed by atoms with Gasteiger partial charge in [-0.15, -0.1) is 0 Å². The summed E-state index contributed by atoms with van der Waals surface area (Å²) >= 11 is 3.28. The summed E-state index contributed by atoms with van der Waals surface area (Å²) in [6, 6.07) is 9.22. The fourth-order valence-corrected chi connectivity index (χ4v) is 2.50. The third-order valence-electron chi connectivity index (χ3n) is 2.54. The van der Waals surface area contributed by atoms with Crippen LogP contribution in [0, 0.1) is 0 Å². The van der Waals surface area contributed by atoms with E-state index in [1.165, 1.54) is 24.3 Å². The molecule has 20 heavy (non-hydrogen) atoms. The molecule has 5 nitrogen and oxygen atoms in total. The van der Waals surface area contributed by atoms with E-state index >= 15 is 0 Å². The summed E-state index contributed by atoms with van der Waals surface area (Å²) in [5.41, 5.74) is 0.356. The standard InChI is InChI=1S/C13H11BrN2O3S/c1-20(18,19)10-6-4-9(5-7-10)13(17)16-12-11(14)3-2-8-15-12/h2-8H,1H3,(H,15,16,17). The van der Waals surface area contributed by atoms with E-state index in [-0.39, 0.29) is 10.8 Å². The van der Waals surface area contributed by atoms with Gasteiger partial charge in [0.1, 0.15) is 5.82 Å². The van der Waals surface area contributed by atoms with E-state index in [0.29, 0.717) is 15.9 Å². The zero-order valence-corrected chi connectivity index (χ0v) is 12.9. The molecule has 0 atom stereocenters. The summed E-state index contributed by atoms with van der Waals surface area (Å²) < 4.78 is 23.3. The maximum Gasteiger partial charge on any atom is 0.256 e. The van der Waals surface area contributed by atoms with Gasteiger partial charge in [-0.1, -0.05) is 0 Å². The number of hydrogen-bond acceptors (Lipinski definition) is 4. The quantitative estimate of drug-likeness (QED) is 0.918. The lowest BCUT2D eigenvalue weighted by atomic mass is 10.2. The highest BCUT2D eigenvalue weighted by Gasteiger charge is 2.11. The van der Waals surface area contributed by atoms with E-state index in [0.717, 1.165) is 6.26 Å². The van der Waals surface area contributed by atoms with E-state index < -0.39 is 9.84 Å². The van der Waals surface area contributed by atoms with Crippen LogP contribution in [0.2, 0.25) is 0 Å². The van der Waals surface area contributed by atoms with E-state index in [1.807, 2.05) is 0 Å². The number of amides is 1. The van der Waals surface area contributed by atoms with Crippen molar-refractivity contribution in [1.82, 2.24) is 4.98 Å². The number of benzene rings is 1. The molecule has 0 saturated heterocycles. The van der Waals surface area contributed by atoms with Gasteiger partial charge in [0.2, 0.25) is 0 Å². The number of sulfone groups is 1. The topological polar surface area (TPSA) is 76.1 Å². The minimum Gasteiger partial charge on any atom is -0.306 e. The smallest absolute Gasteiger partial charge is 0.256 e. The third kappa shape index (κ3) is 3.43. The van der Waals surface area contributed by atoms with E-state index in [9.17, 15) is 13.2 Å². The van der Waals surface area contributed by atoms with Gasteiger partial charge in [-0.3, -0.25) is 4.79 Å². The highest BCUT2D eigenvalue weighted by Crippen LogP contribution is 2.19. The van der Waals surface area contributed by atoms with Gasteiger partial charge in [0.25, 0.3) is 5.91 Å². The van der Waals surface area contributed by atoms with Gasteiger partial charge < -0.3 is 5.32 Å². The molecule has 0 saturated carbocycles. The first-order chi connectivity index (χ1) is 9.38. The Morgan fingerprint density at radius 1 is 1.20 bits per heavy atom. The molecule has 0 aliphatic heterocycles. The van der Waals surface area contributed by atoms with Crippen LogP contribution in [0.25, 0.3) is 0 Å². The van der Waals surface area contributed by atoms with Crippen molar-refractivity contribution >= 4 is 37.5 Å². The lowest BCUT2D eigenvalue weighted by Gasteiger charge is -2.06. The minimum absolute atomic E-state index is 0.174. The van der Waals surface area contributed by atoms with Crippen LogP contribution in [-0.4, -0.2) is 25.6 Å². The summed E-state index contributed by atoms with van der Waals surface area (Å²) in [5, 5.41) is 2.64. The minimum atomic E-state index is -3.26. The van der Waals surface area contributed by atoms with E-state index in [2.05, 4.69) is 26.2 Å². The van der Waals surface area contributed by atoms with Crippen LogP contribution in [0.5, 0.6) is 0 Å². The van der Waals surface area contributed by atoms with Crippen LogP contribution in [0.1, 0.15) is 10.4 Å². The molecule has 1 N–H and O–H groups in total. The second-order valence-corrected chi connectivity index (χ2v) is 6.95. The maximum absolute atomic E-state index is 12.0. The Hall–Kier alpha value is -1.73. The molecule has 2 aromatic rings. The van der Waals surface area contributed by atoms with Crippen molar-refractivity contribution in [3.63, 3.8) is 0 Å². The first-order valence-electron chi connectivity index (χ1n) is 5.60. The van der Waals surface area contributed by atoms with Gasteiger partial charge in [-0.25, -0.2) is 13.4 Å².